The lowest BCUT2D eigenvalue weighted by atomic mass is 10.0. The van der Waals surface area contributed by atoms with E-state index in [1.54, 1.807) is 0 Å². The topological polar surface area (TPSA) is 50.4 Å². The van der Waals surface area contributed by atoms with Crippen molar-refractivity contribution in [2.45, 2.75) is 6.18 Å². The Morgan fingerprint density at radius 2 is 1.86 bits per heavy atom. The van der Waals surface area contributed by atoms with Crippen LogP contribution in [0.5, 0.6) is 5.75 Å². The molecule has 0 amide bonds. The predicted octanol–water partition coefficient (Wildman–Crippen LogP) is 4.90. The van der Waals surface area contributed by atoms with E-state index in [2.05, 4.69) is 0 Å². The van der Waals surface area contributed by atoms with Crippen molar-refractivity contribution < 1.29 is 22.7 Å². The van der Waals surface area contributed by atoms with Gasteiger partial charge in [0, 0.05) is 22.2 Å². The Morgan fingerprint density at radius 1 is 1.14 bits per heavy atom. The largest absolute Gasteiger partial charge is 0.508 e. The van der Waals surface area contributed by atoms with Gasteiger partial charge in [0.05, 0.1) is 10.3 Å². The van der Waals surface area contributed by atoms with Crippen LogP contribution >= 0.6 is 22.9 Å². The average molecular weight is 347 g/mol. The molecule has 0 saturated carbocycles. The fourth-order valence-corrected chi connectivity index (χ4v) is 3.02. The summed E-state index contributed by atoms with van der Waals surface area (Å²) in [6.07, 6.45) is -4.54. The number of hydrogen-bond donors (Lipinski definition) is 1. The second-order valence-electron chi connectivity index (χ2n) is 4.47. The summed E-state index contributed by atoms with van der Waals surface area (Å²) < 4.78 is 43.9. The van der Waals surface area contributed by atoms with E-state index >= 15 is 0 Å². The van der Waals surface area contributed by atoms with Gasteiger partial charge in [0.1, 0.15) is 5.75 Å². The van der Waals surface area contributed by atoms with Crippen molar-refractivity contribution in [3.63, 3.8) is 0 Å². The fourth-order valence-electron chi connectivity index (χ4n) is 2.07. The Morgan fingerprint density at radius 3 is 2.55 bits per heavy atom. The molecular formula is C14H6ClF3O3S. The third-order valence-electron chi connectivity index (χ3n) is 3.00. The van der Waals surface area contributed by atoms with Crippen molar-refractivity contribution >= 4 is 33.2 Å². The van der Waals surface area contributed by atoms with Crippen molar-refractivity contribution in [1.29, 1.82) is 0 Å². The van der Waals surface area contributed by atoms with Crippen LogP contribution in [0.2, 0.25) is 5.02 Å². The molecule has 0 atom stereocenters. The van der Waals surface area contributed by atoms with Gasteiger partial charge < -0.3 is 9.52 Å². The number of phenolic OH excluding ortho intramolecular Hbond substituents is 1. The Labute approximate surface area is 130 Å². The molecule has 0 saturated heterocycles. The summed E-state index contributed by atoms with van der Waals surface area (Å²) >= 11 is 6.72. The molecule has 2 aromatic carbocycles. The highest BCUT2D eigenvalue weighted by Gasteiger charge is 2.31. The Balaban J connectivity index is 2.34. The normalized spacial score (nSPS) is 12.0. The molecule has 0 fully saturated rings. The maximum absolute atomic E-state index is 12.8. The minimum Gasteiger partial charge on any atom is -0.508 e. The zero-order valence-electron chi connectivity index (χ0n) is 10.6. The third kappa shape index (κ3) is 2.57. The molecule has 0 unspecified atom stereocenters. The van der Waals surface area contributed by atoms with Gasteiger partial charge >= 0.3 is 11.1 Å². The number of aromatic hydroxyl groups is 1. The number of halogens is 4. The van der Waals surface area contributed by atoms with Crippen molar-refractivity contribution in [2.75, 3.05) is 0 Å². The van der Waals surface area contributed by atoms with Gasteiger partial charge in [-0.1, -0.05) is 22.9 Å². The van der Waals surface area contributed by atoms with Crippen LogP contribution in [0.1, 0.15) is 5.56 Å². The molecule has 0 spiro atoms. The molecular weight excluding hydrogens is 341 g/mol. The monoisotopic (exact) mass is 346 g/mol. The zero-order valence-corrected chi connectivity index (χ0v) is 12.1. The molecule has 3 aromatic rings. The van der Waals surface area contributed by atoms with E-state index in [9.17, 15) is 23.1 Å². The Hall–Kier alpha value is -1.99. The highest BCUT2D eigenvalue weighted by molar-refractivity contribution is 7.16. The van der Waals surface area contributed by atoms with E-state index in [0.29, 0.717) is 4.70 Å². The standard InChI is InChI=1S/C14H6ClF3O3S/c15-10-2-1-6(14(16,17)18)3-8(10)9-4-7(19)5-11-12(9)21-13(20)22-11/h1-5,19H. The van der Waals surface area contributed by atoms with Crippen molar-refractivity contribution in [3.8, 4) is 16.9 Å². The first-order valence-electron chi connectivity index (χ1n) is 5.89. The van der Waals surface area contributed by atoms with Gasteiger partial charge in [-0.15, -0.1) is 0 Å². The summed E-state index contributed by atoms with van der Waals surface area (Å²) in [5.41, 5.74) is -0.640. The molecule has 1 heterocycles. The first-order valence-corrected chi connectivity index (χ1v) is 7.09. The fraction of sp³-hybridized carbons (Fsp3) is 0.0714. The van der Waals surface area contributed by atoms with Crippen molar-refractivity contribution in [1.82, 2.24) is 0 Å². The number of fused-ring (bicyclic) bond motifs is 1. The van der Waals surface area contributed by atoms with Gasteiger partial charge in [0.15, 0.2) is 5.58 Å². The first kappa shape index (κ1) is 14.9. The average Bonchev–Trinajstić information content (AvgIpc) is 2.77. The van der Waals surface area contributed by atoms with Crippen LogP contribution in [0.4, 0.5) is 13.2 Å². The van der Waals surface area contributed by atoms with E-state index < -0.39 is 16.7 Å². The molecule has 3 nitrogen and oxygen atoms in total. The highest BCUT2D eigenvalue weighted by atomic mass is 35.5. The van der Waals surface area contributed by atoms with E-state index in [4.69, 9.17) is 16.0 Å². The lowest BCUT2D eigenvalue weighted by Gasteiger charge is -2.11. The number of alkyl halides is 3. The lowest BCUT2D eigenvalue weighted by molar-refractivity contribution is -0.137. The second-order valence-corrected chi connectivity index (χ2v) is 5.85. The highest BCUT2D eigenvalue weighted by Crippen LogP contribution is 2.40. The number of phenols is 1. The molecule has 8 heteroatoms. The van der Waals surface area contributed by atoms with Gasteiger partial charge in [-0.05, 0) is 24.3 Å². The van der Waals surface area contributed by atoms with E-state index in [-0.39, 0.29) is 27.5 Å². The summed E-state index contributed by atoms with van der Waals surface area (Å²) in [7, 11) is 0. The summed E-state index contributed by atoms with van der Waals surface area (Å²) in [5.74, 6) is -0.201. The molecule has 22 heavy (non-hydrogen) atoms. The molecule has 0 bridgehead atoms. The van der Waals surface area contributed by atoms with Crippen molar-refractivity contribution in [2.24, 2.45) is 0 Å². The molecule has 0 aliphatic heterocycles. The second kappa shape index (κ2) is 5.03. The minimum atomic E-state index is -4.54. The van der Waals surface area contributed by atoms with Crippen LogP contribution in [0.3, 0.4) is 0 Å². The van der Waals surface area contributed by atoms with Gasteiger partial charge in [-0.2, -0.15) is 13.2 Å². The quantitative estimate of drug-likeness (QED) is 0.682. The van der Waals surface area contributed by atoms with Gasteiger partial charge in [-0.3, -0.25) is 0 Å². The Bertz CT molecular complexity index is 927. The van der Waals surface area contributed by atoms with E-state index in [1.165, 1.54) is 12.1 Å². The first-order chi connectivity index (χ1) is 10.3. The summed E-state index contributed by atoms with van der Waals surface area (Å²) in [4.78, 5) is 10.7. The molecule has 0 aliphatic carbocycles. The summed E-state index contributed by atoms with van der Waals surface area (Å²) in [6, 6.07) is 5.33. The molecule has 1 N–H and O–H groups in total. The number of hydrogen-bond acceptors (Lipinski definition) is 4. The lowest BCUT2D eigenvalue weighted by Crippen LogP contribution is -2.04. The van der Waals surface area contributed by atoms with Gasteiger partial charge in [0.25, 0.3) is 0 Å². The van der Waals surface area contributed by atoms with Crippen molar-refractivity contribution in [3.05, 3.63) is 50.7 Å². The predicted molar refractivity (Wildman–Crippen MR) is 77.5 cm³/mol. The molecule has 0 aliphatic rings. The SMILES string of the molecule is O=c1oc2c(-c3cc(C(F)(F)F)ccc3Cl)cc(O)cc2s1. The van der Waals surface area contributed by atoms with Crippen LogP contribution < -0.4 is 4.94 Å². The number of rotatable bonds is 1. The zero-order chi connectivity index (χ0) is 16.1. The minimum absolute atomic E-state index is 0.0268. The molecule has 114 valence electrons. The van der Waals surface area contributed by atoms with Gasteiger partial charge in [0.2, 0.25) is 0 Å². The van der Waals surface area contributed by atoms with Crippen LogP contribution in [0.25, 0.3) is 21.4 Å². The smallest absolute Gasteiger partial charge is 0.416 e. The maximum atomic E-state index is 12.8. The van der Waals surface area contributed by atoms with Crippen LogP contribution in [0, 0.1) is 0 Å². The molecule has 3 rings (SSSR count). The van der Waals surface area contributed by atoms with E-state index in [0.717, 1.165) is 29.5 Å². The molecule has 1 aromatic heterocycles. The Kier molecular flexibility index (Phi) is 3.41. The van der Waals surface area contributed by atoms with Gasteiger partial charge in [-0.25, -0.2) is 4.79 Å². The number of benzene rings is 2. The third-order valence-corrected chi connectivity index (χ3v) is 4.10. The van der Waals surface area contributed by atoms with Crippen LogP contribution in [-0.2, 0) is 6.18 Å². The molecule has 0 radical (unpaired) electrons. The van der Waals surface area contributed by atoms with E-state index in [1.807, 2.05) is 0 Å². The summed E-state index contributed by atoms with van der Waals surface area (Å²) in [5, 5.41) is 9.75. The van der Waals surface area contributed by atoms with Crippen LogP contribution in [-0.4, -0.2) is 5.11 Å². The van der Waals surface area contributed by atoms with Crippen LogP contribution in [0.15, 0.2) is 39.5 Å². The summed E-state index contributed by atoms with van der Waals surface area (Å²) in [6.45, 7) is 0. The maximum Gasteiger partial charge on any atom is 0.416 e.